The van der Waals surface area contributed by atoms with Gasteiger partial charge >= 0.3 is 5.97 Å². The fourth-order valence-electron chi connectivity index (χ4n) is 2.30. The molecule has 0 aromatic heterocycles. The van der Waals surface area contributed by atoms with Crippen molar-refractivity contribution in [3.63, 3.8) is 0 Å². The Hall–Kier alpha value is -2.13. The molecule has 0 fully saturated rings. The molecule has 162 valence electrons. The summed E-state index contributed by atoms with van der Waals surface area (Å²) >= 11 is 11.9. The van der Waals surface area contributed by atoms with Gasteiger partial charge in [0.1, 0.15) is 0 Å². The first-order valence-electron chi connectivity index (χ1n) is 9.13. The molecule has 2 N–H and O–H groups in total. The zero-order valence-corrected chi connectivity index (χ0v) is 18.9. The van der Waals surface area contributed by atoms with Crippen LogP contribution in [0.25, 0.3) is 0 Å². The lowest BCUT2D eigenvalue weighted by atomic mass is 10.2. The summed E-state index contributed by atoms with van der Waals surface area (Å²) in [5.74, 6) is -1.36. The number of hydrogen-bond acceptors (Lipinski definition) is 5. The van der Waals surface area contributed by atoms with Gasteiger partial charge in [0.15, 0.2) is 6.10 Å². The van der Waals surface area contributed by atoms with E-state index in [0.29, 0.717) is 12.1 Å². The van der Waals surface area contributed by atoms with E-state index in [1.165, 1.54) is 31.2 Å². The van der Waals surface area contributed by atoms with E-state index in [9.17, 15) is 18.0 Å². The Morgan fingerprint density at radius 3 is 2.30 bits per heavy atom. The van der Waals surface area contributed by atoms with Gasteiger partial charge in [-0.3, -0.25) is 4.79 Å². The van der Waals surface area contributed by atoms with Crippen molar-refractivity contribution in [2.24, 2.45) is 0 Å². The second-order valence-electron chi connectivity index (χ2n) is 6.59. The lowest BCUT2D eigenvalue weighted by molar-refractivity contribution is -0.123. The Bertz CT molecular complexity index is 1030. The first-order chi connectivity index (χ1) is 14.0. The number of hydrogen-bond donors (Lipinski definition) is 2. The zero-order valence-electron chi connectivity index (χ0n) is 16.6. The third-order valence-corrected chi connectivity index (χ3v) is 6.66. The molecule has 2 atom stereocenters. The minimum atomic E-state index is -3.68. The van der Waals surface area contributed by atoms with E-state index in [-0.39, 0.29) is 26.5 Å². The highest BCUT2D eigenvalue weighted by Crippen LogP contribution is 2.29. The molecule has 0 saturated carbocycles. The number of carbonyl (C=O) groups excluding carboxylic acids is 2. The molecule has 0 radical (unpaired) electrons. The average Bonchev–Trinajstić information content (AvgIpc) is 2.70. The molecule has 7 nitrogen and oxygen atoms in total. The van der Waals surface area contributed by atoms with Crippen LogP contribution in [-0.2, 0) is 19.6 Å². The smallest absolute Gasteiger partial charge is 0.338 e. The van der Waals surface area contributed by atoms with Crippen LogP contribution < -0.4 is 10.0 Å². The molecular formula is C20H22Cl2N2O5S. The minimum Gasteiger partial charge on any atom is -0.449 e. The lowest BCUT2D eigenvalue weighted by Gasteiger charge is -2.15. The molecule has 1 amide bonds. The van der Waals surface area contributed by atoms with Crippen molar-refractivity contribution in [2.75, 3.05) is 5.32 Å². The third kappa shape index (κ3) is 6.18. The van der Waals surface area contributed by atoms with Crippen LogP contribution >= 0.6 is 23.2 Å². The van der Waals surface area contributed by atoms with Crippen LogP contribution in [0.3, 0.4) is 0 Å². The molecule has 2 aromatic carbocycles. The Balaban J connectivity index is 2.03. The van der Waals surface area contributed by atoms with Crippen molar-refractivity contribution in [3.05, 3.63) is 58.1 Å². The molecular weight excluding hydrogens is 451 g/mol. The van der Waals surface area contributed by atoms with Crippen LogP contribution in [-0.4, -0.2) is 32.4 Å². The number of carbonyl (C=O) groups is 2. The second kappa shape index (κ2) is 10.3. The molecule has 2 unspecified atom stereocenters. The van der Waals surface area contributed by atoms with Gasteiger partial charge in [-0.25, -0.2) is 17.9 Å². The number of nitrogens with one attached hydrogen (secondary N) is 2. The summed E-state index contributed by atoms with van der Waals surface area (Å²) in [5, 5.41) is 2.99. The molecule has 0 aliphatic rings. The number of esters is 1. The van der Waals surface area contributed by atoms with E-state index >= 15 is 0 Å². The van der Waals surface area contributed by atoms with E-state index in [4.69, 9.17) is 27.9 Å². The fourth-order valence-corrected chi connectivity index (χ4v) is 3.98. The van der Waals surface area contributed by atoms with E-state index < -0.39 is 28.0 Å². The van der Waals surface area contributed by atoms with Gasteiger partial charge in [0.2, 0.25) is 10.0 Å². The highest BCUT2D eigenvalue weighted by atomic mass is 35.5. The quantitative estimate of drug-likeness (QED) is 0.558. The largest absolute Gasteiger partial charge is 0.449 e. The maximum absolute atomic E-state index is 12.3. The van der Waals surface area contributed by atoms with Gasteiger partial charge in [0.05, 0.1) is 26.2 Å². The summed E-state index contributed by atoms with van der Waals surface area (Å²) < 4.78 is 32.2. The number of rotatable bonds is 8. The number of amides is 1. The lowest BCUT2D eigenvalue weighted by Crippen LogP contribution is -2.32. The van der Waals surface area contributed by atoms with Crippen molar-refractivity contribution in [1.82, 2.24) is 4.72 Å². The van der Waals surface area contributed by atoms with Crippen LogP contribution in [0.1, 0.15) is 37.6 Å². The Kier molecular flexibility index (Phi) is 8.25. The summed E-state index contributed by atoms with van der Waals surface area (Å²) in [7, 11) is -3.68. The van der Waals surface area contributed by atoms with Crippen molar-refractivity contribution in [3.8, 4) is 0 Å². The number of ether oxygens (including phenoxy) is 1. The molecule has 0 saturated heterocycles. The van der Waals surface area contributed by atoms with Gasteiger partial charge < -0.3 is 10.1 Å². The van der Waals surface area contributed by atoms with Crippen LogP contribution in [0, 0.1) is 0 Å². The highest BCUT2D eigenvalue weighted by Gasteiger charge is 2.21. The zero-order chi connectivity index (χ0) is 22.5. The maximum Gasteiger partial charge on any atom is 0.338 e. The van der Waals surface area contributed by atoms with Crippen molar-refractivity contribution < 1.29 is 22.7 Å². The van der Waals surface area contributed by atoms with Crippen LogP contribution in [0.5, 0.6) is 0 Å². The average molecular weight is 473 g/mol. The molecule has 0 aliphatic heterocycles. The van der Waals surface area contributed by atoms with E-state index in [0.717, 1.165) is 0 Å². The van der Waals surface area contributed by atoms with Crippen molar-refractivity contribution in [1.29, 1.82) is 0 Å². The topological polar surface area (TPSA) is 102 Å². The summed E-state index contributed by atoms with van der Waals surface area (Å²) in [6, 6.07) is 9.80. The molecule has 0 aliphatic carbocycles. The van der Waals surface area contributed by atoms with E-state index in [1.54, 1.807) is 25.1 Å². The highest BCUT2D eigenvalue weighted by molar-refractivity contribution is 7.89. The van der Waals surface area contributed by atoms with Crippen molar-refractivity contribution >= 4 is 50.8 Å². The van der Waals surface area contributed by atoms with Gasteiger partial charge in [0, 0.05) is 6.04 Å². The maximum atomic E-state index is 12.3. The van der Waals surface area contributed by atoms with E-state index in [2.05, 4.69) is 10.0 Å². The monoisotopic (exact) mass is 472 g/mol. The van der Waals surface area contributed by atoms with Crippen LogP contribution in [0.4, 0.5) is 5.69 Å². The summed E-state index contributed by atoms with van der Waals surface area (Å²) in [4.78, 5) is 24.6. The normalized spacial score (nSPS) is 13.4. The SMILES string of the molecule is CCC(C)NS(=O)(=O)c1ccc(C(=O)OC(C)C(=O)Nc2cccc(Cl)c2Cl)cc1. The summed E-state index contributed by atoms with van der Waals surface area (Å²) in [5.41, 5.74) is 0.401. The Morgan fingerprint density at radius 1 is 1.07 bits per heavy atom. The molecule has 0 heterocycles. The molecule has 30 heavy (non-hydrogen) atoms. The van der Waals surface area contributed by atoms with Gasteiger partial charge in [-0.05, 0) is 56.7 Å². The second-order valence-corrected chi connectivity index (χ2v) is 9.09. The molecule has 0 spiro atoms. The third-order valence-electron chi connectivity index (χ3n) is 4.23. The fraction of sp³-hybridized carbons (Fsp3) is 0.300. The Labute approximate surface area is 185 Å². The first kappa shape index (κ1) is 24.1. The molecule has 10 heteroatoms. The van der Waals surface area contributed by atoms with Gasteiger partial charge in [-0.1, -0.05) is 36.2 Å². The predicted octanol–water partition coefficient (Wildman–Crippen LogP) is 4.25. The summed E-state index contributed by atoms with van der Waals surface area (Å²) in [6.45, 7) is 5.02. The van der Waals surface area contributed by atoms with Crippen LogP contribution in [0.15, 0.2) is 47.4 Å². The number of anilines is 1. The van der Waals surface area contributed by atoms with Gasteiger partial charge in [-0.2, -0.15) is 0 Å². The first-order valence-corrected chi connectivity index (χ1v) is 11.4. The number of sulfonamides is 1. The van der Waals surface area contributed by atoms with Crippen LogP contribution in [0.2, 0.25) is 10.0 Å². The van der Waals surface area contributed by atoms with Gasteiger partial charge in [0.25, 0.3) is 5.91 Å². The molecule has 2 aromatic rings. The standard InChI is InChI=1S/C20H22Cl2N2O5S/c1-4-12(2)24-30(27,28)15-10-8-14(9-11-15)20(26)29-13(3)19(25)23-17-7-5-6-16(21)18(17)22/h5-13,24H,4H2,1-3H3,(H,23,25). The van der Waals surface area contributed by atoms with E-state index in [1.807, 2.05) is 6.92 Å². The predicted molar refractivity (Wildman–Crippen MR) is 116 cm³/mol. The number of halogens is 2. The summed E-state index contributed by atoms with van der Waals surface area (Å²) in [6.07, 6.45) is -0.479. The molecule has 2 rings (SSSR count). The molecule has 0 bridgehead atoms. The minimum absolute atomic E-state index is 0.0285. The Morgan fingerprint density at radius 2 is 1.70 bits per heavy atom. The van der Waals surface area contributed by atoms with Crippen molar-refractivity contribution in [2.45, 2.75) is 44.2 Å². The van der Waals surface area contributed by atoms with Gasteiger partial charge in [-0.15, -0.1) is 0 Å². The number of benzene rings is 2.